The molecule has 0 saturated heterocycles. The van der Waals surface area contributed by atoms with E-state index in [9.17, 15) is 9.59 Å². The van der Waals surface area contributed by atoms with Crippen LogP contribution >= 0.6 is 0 Å². The van der Waals surface area contributed by atoms with Crippen LogP contribution in [0.3, 0.4) is 0 Å². The highest BCUT2D eigenvalue weighted by atomic mass is 16.2. The highest BCUT2D eigenvalue weighted by Gasteiger charge is 2.25. The molecule has 0 aliphatic rings. The summed E-state index contributed by atoms with van der Waals surface area (Å²) < 4.78 is 0. The van der Waals surface area contributed by atoms with Gasteiger partial charge in [0.1, 0.15) is 0 Å². The summed E-state index contributed by atoms with van der Waals surface area (Å²) in [7, 11) is 3.81. The van der Waals surface area contributed by atoms with Crippen molar-refractivity contribution in [1.82, 2.24) is 4.90 Å². The molecule has 3 nitrogen and oxygen atoms in total. The van der Waals surface area contributed by atoms with Gasteiger partial charge in [0.15, 0.2) is 0 Å². The number of nitrogens with zero attached hydrogens (tertiary/aromatic N) is 1. The van der Waals surface area contributed by atoms with Crippen molar-refractivity contribution >= 4 is 11.6 Å². The lowest BCUT2D eigenvalue weighted by atomic mass is 9.88. The molecule has 0 fully saturated rings. The average molecular weight is 197 g/mol. The minimum absolute atomic E-state index is 0.340. The number of ketones is 2. The number of hydrogen-bond donors (Lipinski definition) is 0. The number of allylic oxidation sites excluding steroid dienone is 1. The second-order valence-corrected chi connectivity index (χ2v) is 4.61. The van der Waals surface area contributed by atoms with E-state index < -0.39 is 11.2 Å². The molecular weight excluding hydrogens is 178 g/mol. The Morgan fingerprint density at radius 3 is 2.07 bits per heavy atom. The predicted octanol–water partition coefficient (Wildman–Crippen LogP) is 1.29. The Kier molecular flexibility index (Phi) is 4.71. The molecule has 0 aliphatic heterocycles. The van der Waals surface area contributed by atoms with E-state index in [-0.39, 0.29) is 5.78 Å². The van der Waals surface area contributed by atoms with Crippen molar-refractivity contribution in [2.75, 3.05) is 20.6 Å². The molecule has 0 aromatic carbocycles. The van der Waals surface area contributed by atoms with Crippen molar-refractivity contribution in [2.24, 2.45) is 5.41 Å². The maximum absolute atomic E-state index is 11.4. The van der Waals surface area contributed by atoms with Crippen LogP contribution in [-0.4, -0.2) is 37.1 Å². The van der Waals surface area contributed by atoms with Crippen LogP contribution in [0.2, 0.25) is 0 Å². The van der Waals surface area contributed by atoms with Gasteiger partial charge >= 0.3 is 0 Å². The summed E-state index contributed by atoms with van der Waals surface area (Å²) in [4.78, 5) is 24.7. The number of hydrogen-bond acceptors (Lipinski definition) is 3. The van der Waals surface area contributed by atoms with Gasteiger partial charge in [0.2, 0.25) is 11.6 Å². The molecule has 0 amide bonds. The maximum Gasteiger partial charge on any atom is 0.221 e. The van der Waals surface area contributed by atoms with E-state index in [4.69, 9.17) is 0 Å². The van der Waals surface area contributed by atoms with Crippen LogP contribution in [0.1, 0.15) is 20.8 Å². The third-order valence-electron chi connectivity index (χ3n) is 1.64. The fourth-order valence-electron chi connectivity index (χ4n) is 0.816. The number of rotatable bonds is 4. The Labute approximate surface area is 85.8 Å². The minimum Gasteiger partial charge on any atom is -0.306 e. The van der Waals surface area contributed by atoms with Crippen molar-refractivity contribution in [1.29, 1.82) is 0 Å². The SMILES string of the molecule is CN(C)C/C=C/C(=O)C(=O)C(C)(C)C. The van der Waals surface area contributed by atoms with Gasteiger partial charge in [-0.25, -0.2) is 0 Å². The molecule has 0 aromatic heterocycles. The largest absolute Gasteiger partial charge is 0.306 e. The van der Waals surface area contributed by atoms with Gasteiger partial charge in [-0.3, -0.25) is 9.59 Å². The molecule has 0 bridgehead atoms. The molecule has 0 atom stereocenters. The smallest absolute Gasteiger partial charge is 0.221 e. The standard InChI is InChI=1S/C11H19NO2/c1-11(2,3)10(14)9(13)7-6-8-12(4)5/h6-7H,8H2,1-5H3/b7-6+. The minimum atomic E-state index is -0.584. The van der Waals surface area contributed by atoms with E-state index in [0.717, 1.165) is 0 Å². The zero-order valence-corrected chi connectivity index (χ0v) is 9.63. The van der Waals surface area contributed by atoms with Crippen LogP contribution < -0.4 is 0 Å². The van der Waals surface area contributed by atoms with E-state index in [1.54, 1.807) is 26.8 Å². The van der Waals surface area contributed by atoms with Gasteiger partial charge in [-0.15, -0.1) is 0 Å². The second kappa shape index (κ2) is 5.05. The monoisotopic (exact) mass is 197 g/mol. The first-order chi connectivity index (χ1) is 6.25. The summed E-state index contributed by atoms with van der Waals surface area (Å²) >= 11 is 0. The summed E-state index contributed by atoms with van der Waals surface area (Å²) in [5, 5.41) is 0. The molecule has 0 aromatic rings. The van der Waals surface area contributed by atoms with Gasteiger partial charge in [0.25, 0.3) is 0 Å². The first kappa shape index (κ1) is 13.0. The average Bonchev–Trinajstić information content (AvgIpc) is 2.00. The molecule has 0 aliphatic carbocycles. The third-order valence-corrected chi connectivity index (χ3v) is 1.64. The van der Waals surface area contributed by atoms with Crippen LogP contribution in [0.25, 0.3) is 0 Å². The van der Waals surface area contributed by atoms with Crippen LogP contribution in [0.5, 0.6) is 0 Å². The number of Topliss-reactive ketones (excluding diaryl/α,β-unsaturated/α-hetero) is 1. The summed E-state index contributed by atoms with van der Waals surface area (Å²) in [6.45, 7) is 5.90. The lowest BCUT2D eigenvalue weighted by molar-refractivity contribution is -0.138. The van der Waals surface area contributed by atoms with Gasteiger partial charge < -0.3 is 4.90 Å². The summed E-state index contributed by atoms with van der Waals surface area (Å²) in [6, 6.07) is 0. The molecule has 0 spiro atoms. The van der Waals surface area contributed by atoms with Crippen molar-refractivity contribution in [3.05, 3.63) is 12.2 Å². The quantitative estimate of drug-likeness (QED) is 0.503. The van der Waals surface area contributed by atoms with E-state index in [0.29, 0.717) is 6.54 Å². The van der Waals surface area contributed by atoms with Crippen molar-refractivity contribution in [2.45, 2.75) is 20.8 Å². The Morgan fingerprint density at radius 2 is 1.71 bits per heavy atom. The highest BCUT2D eigenvalue weighted by Crippen LogP contribution is 2.14. The normalized spacial score (nSPS) is 12.4. The molecule has 0 saturated carbocycles. The molecule has 3 heteroatoms. The number of carbonyl (C=O) groups excluding carboxylic acids is 2. The van der Waals surface area contributed by atoms with Gasteiger partial charge in [-0.1, -0.05) is 26.8 Å². The van der Waals surface area contributed by atoms with Gasteiger partial charge in [-0.2, -0.15) is 0 Å². The molecule has 0 rings (SSSR count). The fraction of sp³-hybridized carbons (Fsp3) is 0.636. The molecule has 0 N–H and O–H groups in total. The Balaban J connectivity index is 4.23. The van der Waals surface area contributed by atoms with Gasteiger partial charge in [0.05, 0.1) is 0 Å². The zero-order valence-electron chi connectivity index (χ0n) is 9.63. The van der Waals surface area contributed by atoms with E-state index in [1.807, 2.05) is 19.0 Å². The maximum atomic E-state index is 11.4. The highest BCUT2D eigenvalue weighted by molar-refractivity contribution is 6.43. The second-order valence-electron chi connectivity index (χ2n) is 4.61. The fourth-order valence-corrected chi connectivity index (χ4v) is 0.816. The van der Waals surface area contributed by atoms with Crippen LogP contribution in [0.15, 0.2) is 12.2 Å². The molecule has 80 valence electrons. The lowest BCUT2D eigenvalue weighted by Crippen LogP contribution is -2.27. The molecule has 0 unspecified atom stereocenters. The number of carbonyl (C=O) groups is 2. The Hall–Kier alpha value is -0.960. The van der Waals surface area contributed by atoms with Crippen molar-refractivity contribution in [3.8, 4) is 0 Å². The summed E-state index contributed by atoms with van der Waals surface area (Å²) in [5.74, 6) is -0.758. The summed E-state index contributed by atoms with van der Waals surface area (Å²) in [6.07, 6.45) is 3.06. The van der Waals surface area contributed by atoms with Gasteiger partial charge in [0, 0.05) is 12.0 Å². The van der Waals surface area contributed by atoms with E-state index in [1.165, 1.54) is 6.08 Å². The van der Waals surface area contributed by atoms with Gasteiger partial charge in [-0.05, 0) is 20.2 Å². The van der Waals surface area contributed by atoms with Crippen LogP contribution in [0, 0.1) is 5.41 Å². The van der Waals surface area contributed by atoms with Crippen LogP contribution in [-0.2, 0) is 9.59 Å². The number of likely N-dealkylation sites (N-methyl/N-ethyl adjacent to an activating group) is 1. The molecule has 14 heavy (non-hydrogen) atoms. The topological polar surface area (TPSA) is 37.4 Å². The van der Waals surface area contributed by atoms with Crippen molar-refractivity contribution < 1.29 is 9.59 Å². The first-order valence-corrected chi connectivity index (χ1v) is 4.65. The molecule has 0 radical (unpaired) electrons. The predicted molar refractivity (Wildman–Crippen MR) is 57.2 cm³/mol. The molecular formula is C11H19NO2. The van der Waals surface area contributed by atoms with E-state index in [2.05, 4.69) is 0 Å². The van der Waals surface area contributed by atoms with Crippen molar-refractivity contribution in [3.63, 3.8) is 0 Å². The zero-order chi connectivity index (χ0) is 11.4. The third kappa shape index (κ3) is 4.92. The van der Waals surface area contributed by atoms with Crippen LogP contribution in [0.4, 0.5) is 0 Å². The van der Waals surface area contributed by atoms with E-state index >= 15 is 0 Å². The molecule has 0 heterocycles. The lowest BCUT2D eigenvalue weighted by Gasteiger charge is -2.13. The summed E-state index contributed by atoms with van der Waals surface area (Å²) in [5.41, 5.74) is -0.584. The Bertz CT molecular complexity index is 247. The first-order valence-electron chi connectivity index (χ1n) is 4.65. The Morgan fingerprint density at radius 1 is 1.21 bits per heavy atom.